The highest BCUT2D eigenvalue weighted by Gasteiger charge is 2.34. The van der Waals surface area contributed by atoms with Gasteiger partial charge in [0.2, 0.25) is 0 Å². The zero-order chi connectivity index (χ0) is 15.6. The zero-order valence-electron chi connectivity index (χ0n) is 11.1. The first-order valence-corrected chi connectivity index (χ1v) is 6.97. The Hall–Kier alpha value is -1.53. The average Bonchev–Trinajstić information content (AvgIpc) is 2.37. The van der Waals surface area contributed by atoms with E-state index in [2.05, 4.69) is 15.9 Å². The van der Waals surface area contributed by atoms with Crippen LogP contribution >= 0.6 is 15.9 Å². The summed E-state index contributed by atoms with van der Waals surface area (Å²) in [6.45, 7) is 1.82. The maximum absolute atomic E-state index is 12.9. The lowest BCUT2D eigenvalue weighted by atomic mass is 10.1. The third-order valence-corrected chi connectivity index (χ3v) is 3.57. The Morgan fingerprint density at radius 2 is 1.81 bits per heavy atom. The molecule has 1 atom stereocenters. The van der Waals surface area contributed by atoms with Crippen LogP contribution in [0.25, 0.3) is 0 Å². The Bertz CT molecular complexity index is 641. The van der Waals surface area contributed by atoms with Gasteiger partial charge in [-0.3, -0.25) is 0 Å². The minimum absolute atomic E-state index is 0.184. The molecule has 2 N–H and O–H groups in total. The van der Waals surface area contributed by atoms with Gasteiger partial charge in [-0.2, -0.15) is 13.2 Å². The lowest BCUT2D eigenvalue weighted by Gasteiger charge is -2.15. The molecule has 0 aliphatic rings. The number of alkyl halides is 3. The molecule has 2 aromatic carbocycles. The van der Waals surface area contributed by atoms with Crippen LogP contribution in [0.3, 0.4) is 0 Å². The highest BCUT2D eigenvalue weighted by molar-refractivity contribution is 9.10. The van der Waals surface area contributed by atoms with Crippen molar-refractivity contribution in [3.63, 3.8) is 0 Å². The fourth-order valence-electron chi connectivity index (χ4n) is 1.86. The van der Waals surface area contributed by atoms with Crippen LogP contribution in [0.5, 0.6) is 11.5 Å². The van der Waals surface area contributed by atoms with Gasteiger partial charge in [-0.1, -0.05) is 34.1 Å². The second-order valence-corrected chi connectivity index (χ2v) is 5.42. The number of halogens is 4. The van der Waals surface area contributed by atoms with E-state index in [1.165, 1.54) is 18.2 Å². The minimum atomic E-state index is -4.46. The van der Waals surface area contributed by atoms with Crippen molar-refractivity contribution in [3.05, 3.63) is 58.1 Å². The number of benzene rings is 2. The Morgan fingerprint density at radius 1 is 1.14 bits per heavy atom. The molecule has 2 aromatic rings. The molecule has 0 radical (unpaired) electrons. The summed E-state index contributed by atoms with van der Waals surface area (Å²) in [6, 6.07) is 9.83. The van der Waals surface area contributed by atoms with Crippen LogP contribution in [0.2, 0.25) is 0 Å². The van der Waals surface area contributed by atoms with E-state index in [9.17, 15) is 13.2 Å². The van der Waals surface area contributed by atoms with Gasteiger partial charge in [0.15, 0.2) is 0 Å². The molecule has 0 aliphatic carbocycles. The van der Waals surface area contributed by atoms with Crippen LogP contribution in [0.15, 0.2) is 46.9 Å². The van der Waals surface area contributed by atoms with Crippen molar-refractivity contribution < 1.29 is 17.9 Å². The molecule has 21 heavy (non-hydrogen) atoms. The second kappa shape index (κ2) is 6.07. The molecule has 2 rings (SSSR count). The Morgan fingerprint density at radius 3 is 2.38 bits per heavy atom. The highest BCUT2D eigenvalue weighted by Crippen LogP contribution is 2.38. The van der Waals surface area contributed by atoms with Crippen molar-refractivity contribution in [1.29, 1.82) is 0 Å². The molecule has 0 spiro atoms. The van der Waals surface area contributed by atoms with Crippen molar-refractivity contribution in [3.8, 4) is 11.5 Å². The van der Waals surface area contributed by atoms with Crippen LogP contribution < -0.4 is 10.5 Å². The van der Waals surface area contributed by atoms with Crippen molar-refractivity contribution in [2.45, 2.75) is 19.1 Å². The average molecular weight is 360 g/mol. The molecule has 0 saturated carbocycles. The number of hydrogen-bond donors (Lipinski definition) is 1. The quantitative estimate of drug-likeness (QED) is 0.808. The largest absolute Gasteiger partial charge is 0.457 e. The normalized spacial score (nSPS) is 13.0. The standard InChI is InChI=1S/C15H13BrF3NO/c1-9(20)11-7-6-10(8-13(11)16)21-14-5-3-2-4-12(14)15(17,18)19/h2-9H,20H2,1H3/t9-/m0/s1. The fourth-order valence-corrected chi connectivity index (χ4v) is 2.58. The molecule has 0 bridgehead atoms. The van der Waals surface area contributed by atoms with Gasteiger partial charge >= 0.3 is 6.18 Å². The summed E-state index contributed by atoms with van der Waals surface area (Å²) in [5.41, 5.74) is 5.82. The molecule has 0 amide bonds. The predicted octanol–water partition coefficient (Wildman–Crippen LogP) is 5.28. The van der Waals surface area contributed by atoms with Crippen LogP contribution in [-0.4, -0.2) is 0 Å². The number of hydrogen-bond acceptors (Lipinski definition) is 2. The maximum atomic E-state index is 12.9. The van der Waals surface area contributed by atoms with Crippen LogP contribution in [-0.2, 0) is 6.18 Å². The summed E-state index contributed by atoms with van der Waals surface area (Å²) in [4.78, 5) is 0. The lowest BCUT2D eigenvalue weighted by Crippen LogP contribution is -2.07. The van der Waals surface area contributed by atoms with Crippen LogP contribution in [0.1, 0.15) is 24.1 Å². The van der Waals surface area contributed by atoms with Crippen molar-refractivity contribution >= 4 is 15.9 Å². The molecule has 0 aliphatic heterocycles. The van der Waals surface area contributed by atoms with E-state index in [0.29, 0.717) is 10.2 Å². The van der Waals surface area contributed by atoms with Gasteiger partial charge in [-0.05, 0) is 36.8 Å². The monoisotopic (exact) mass is 359 g/mol. The summed E-state index contributed by atoms with van der Waals surface area (Å²) >= 11 is 3.34. The molecule has 0 unspecified atom stereocenters. The molecular weight excluding hydrogens is 347 g/mol. The summed E-state index contributed by atoms with van der Waals surface area (Å²) < 4.78 is 44.7. The summed E-state index contributed by atoms with van der Waals surface area (Å²) in [7, 11) is 0. The van der Waals surface area contributed by atoms with E-state index in [-0.39, 0.29) is 11.8 Å². The molecule has 6 heteroatoms. The number of para-hydroxylation sites is 1. The third kappa shape index (κ3) is 3.77. The lowest BCUT2D eigenvalue weighted by molar-refractivity contribution is -0.138. The summed E-state index contributed by atoms with van der Waals surface area (Å²) in [6.07, 6.45) is -4.46. The van der Waals surface area contributed by atoms with Gasteiger partial charge in [-0.15, -0.1) is 0 Å². The Labute approximate surface area is 128 Å². The van der Waals surface area contributed by atoms with Gasteiger partial charge < -0.3 is 10.5 Å². The molecule has 0 heterocycles. The van der Waals surface area contributed by atoms with Gasteiger partial charge in [-0.25, -0.2) is 0 Å². The first-order valence-electron chi connectivity index (χ1n) is 6.18. The van der Waals surface area contributed by atoms with E-state index >= 15 is 0 Å². The smallest absolute Gasteiger partial charge is 0.419 e. The fraction of sp³-hybridized carbons (Fsp3) is 0.200. The Balaban J connectivity index is 2.33. The summed E-state index contributed by atoms with van der Waals surface area (Å²) in [5.74, 6) is 0.0772. The van der Waals surface area contributed by atoms with Gasteiger partial charge in [0.1, 0.15) is 11.5 Å². The van der Waals surface area contributed by atoms with Gasteiger partial charge in [0.05, 0.1) is 5.56 Å². The van der Waals surface area contributed by atoms with Gasteiger partial charge in [0.25, 0.3) is 0 Å². The number of ether oxygens (including phenoxy) is 1. The predicted molar refractivity (Wildman–Crippen MR) is 78.3 cm³/mol. The molecular formula is C15H13BrF3NO. The molecule has 112 valence electrons. The van der Waals surface area contributed by atoms with E-state index in [0.717, 1.165) is 11.6 Å². The van der Waals surface area contributed by atoms with E-state index < -0.39 is 11.7 Å². The molecule has 0 saturated heterocycles. The number of nitrogens with two attached hydrogens (primary N) is 1. The summed E-state index contributed by atoms with van der Waals surface area (Å²) in [5, 5.41) is 0. The first-order chi connectivity index (χ1) is 9.79. The third-order valence-electron chi connectivity index (χ3n) is 2.88. The van der Waals surface area contributed by atoms with Crippen molar-refractivity contribution in [2.24, 2.45) is 5.73 Å². The van der Waals surface area contributed by atoms with E-state index in [1.807, 2.05) is 6.92 Å². The van der Waals surface area contributed by atoms with E-state index in [1.54, 1.807) is 18.2 Å². The number of rotatable bonds is 3. The van der Waals surface area contributed by atoms with Crippen LogP contribution in [0, 0.1) is 0 Å². The topological polar surface area (TPSA) is 35.2 Å². The highest BCUT2D eigenvalue weighted by atomic mass is 79.9. The SMILES string of the molecule is C[C@H](N)c1ccc(Oc2ccccc2C(F)(F)F)cc1Br. The maximum Gasteiger partial charge on any atom is 0.419 e. The molecule has 0 aromatic heterocycles. The van der Waals surface area contributed by atoms with Crippen molar-refractivity contribution in [2.75, 3.05) is 0 Å². The van der Waals surface area contributed by atoms with Gasteiger partial charge in [0, 0.05) is 10.5 Å². The van der Waals surface area contributed by atoms with E-state index in [4.69, 9.17) is 10.5 Å². The minimum Gasteiger partial charge on any atom is -0.457 e. The van der Waals surface area contributed by atoms with Crippen molar-refractivity contribution in [1.82, 2.24) is 0 Å². The second-order valence-electron chi connectivity index (χ2n) is 4.57. The Kier molecular flexibility index (Phi) is 4.58. The molecule has 0 fully saturated rings. The zero-order valence-corrected chi connectivity index (χ0v) is 12.7. The first kappa shape index (κ1) is 15.9. The van der Waals surface area contributed by atoms with Crippen LogP contribution in [0.4, 0.5) is 13.2 Å². The molecule has 2 nitrogen and oxygen atoms in total.